The molecule has 0 aliphatic heterocycles. The topological polar surface area (TPSA) is 59.8 Å². The molecule has 3 rings (SSSR count). The number of anilines is 1. The lowest BCUT2D eigenvalue weighted by atomic mass is 10.1. The van der Waals surface area contributed by atoms with Crippen molar-refractivity contribution in [2.75, 3.05) is 5.32 Å². The zero-order valence-corrected chi connectivity index (χ0v) is 13.3. The molecule has 0 atom stereocenters. The normalized spacial score (nSPS) is 11.0. The van der Waals surface area contributed by atoms with Crippen molar-refractivity contribution in [2.24, 2.45) is 7.05 Å². The van der Waals surface area contributed by atoms with Crippen LogP contribution in [0.5, 0.6) is 0 Å². The number of para-hydroxylation sites is 1. The van der Waals surface area contributed by atoms with Gasteiger partial charge < -0.3 is 9.88 Å². The van der Waals surface area contributed by atoms with Crippen molar-refractivity contribution in [3.63, 3.8) is 0 Å². The van der Waals surface area contributed by atoms with Crippen LogP contribution in [0.3, 0.4) is 0 Å². The number of halogens is 2. The first kappa shape index (κ1) is 16.5. The summed E-state index contributed by atoms with van der Waals surface area (Å²) in [6.07, 6.45) is 3.73. The molecule has 5 nitrogen and oxygen atoms in total. The second-order valence-electron chi connectivity index (χ2n) is 5.27. The highest BCUT2D eigenvalue weighted by molar-refractivity contribution is 6.03. The van der Waals surface area contributed by atoms with Crippen LogP contribution < -0.4 is 5.32 Å². The van der Waals surface area contributed by atoms with Crippen LogP contribution in [0.2, 0.25) is 0 Å². The molecule has 0 radical (unpaired) electrons. The predicted octanol–water partition coefficient (Wildman–Crippen LogP) is 3.41. The molecule has 1 heterocycles. The van der Waals surface area contributed by atoms with E-state index in [2.05, 4.69) is 15.5 Å². The number of aromatic nitrogens is 3. The molecule has 7 heteroatoms. The number of nitrogens with zero attached hydrogens (tertiary/aromatic N) is 3. The Balaban J connectivity index is 1.83. The molecule has 0 aliphatic carbocycles. The lowest BCUT2D eigenvalue weighted by molar-refractivity contribution is -0.111. The Kier molecular flexibility index (Phi) is 4.65. The van der Waals surface area contributed by atoms with Gasteiger partial charge in [0.25, 0.3) is 0 Å². The highest BCUT2D eigenvalue weighted by atomic mass is 19.1. The van der Waals surface area contributed by atoms with E-state index in [1.807, 2.05) is 6.07 Å². The number of aryl methyl sites for hydroxylation is 1. The maximum atomic E-state index is 13.6. The van der Waals surface area contributed by atoms with E-state index in [-0.39, 0.29) is 5.56 Å². The number of hydrogen-bond acceptors (Lipinski definition) is 3. The third-order valence-corrected chi connectivity index (χ3v) is 3.54. The molecule has 3 aromatic rings. The van der Waals surface area contributed by atoms with Crippen molar-refractivity contribution >= 4 is 17.7 Å². The summed E-state index contributed by atoms with van der Waals surface area (Å²) in [6, 6.07) is 10.6. The molecule has 126 valence electrons. The minimum atomic E-state index is -0.733. The van der Waals surface area contributed by atoms with E-state index in [4.69, 9.17) is 0 Å². The largest absolute Gasteiger partial charge is 0.322 e. The molecule has 1 N–H and O–H groups in total. The summed E-state index contributed by atoms with van der Waals surface area (Å²) >= 11 is 0. The first-order chi connectivity index (χ1) is 12.1. The van der Waals surface area contributed by atoms with Crippen molar-refractivity contribution in [2.45, 2.75) is 0 Å². The van der Waals surface area contributed by atoms with E-state index >= 15 is 0 Å². The Morgan fingerprint density at radius 1 is 1.12 bits per heavy atom. The van der Waals surface area contributed by atoms with Gasteiger partial charge in [0.2, 0.25) is 5.91 Å². The lowest BCUT2D eigenvalue weighted by Gasteiger charge is -2.09. The molecule has 0 saturated heterocycles. The van der Waals surface area contributed by atoms with Crippen molar-refractivity contribution in [3.05, 3.63) is 72.1 Å². The van der Waals surface area contributed by atoms with Crippen molar-refractivity contribution in [1.29, 1.82) is 0 Å². The first-order valence-electron chi connectivity index (χ1n) is 7.42. The van der Waals surface area contributed by atoms with Gasteiger partial charge in [0.1, 0.15) is 18.0 Å². The fraction of sp³-hybridized carbons (Fsp3) is 0.0556. The van der Waals surface area contributed by atoms with E-state index in [0.29, 0.717) is 17.1 Å². The Labute approximate surface area is 142 Å². The van der Waals surface area contributed by atoms with E-state index in [0.717, 1.165) is 24.3 Å². The first-order valence-corrected chi connectivity index (χ1v) is 7.42. The zero-order chi connectivity index (χ0) is 17.8. The minimum Gasteiger partial charge on any atom is -0.322 e. The number of carbonyl (C=O) groups excluding carboxylic acids is 1. The number of carbonyl (C=O) groups is 1. The standard InChI is InChI=1S/C18H14F2N4O/c1-24-11-21-23-18(24)13-5-2-3-8-16(13)22-17(25)10-9-12-14(19)6-4-7-15(12)20/h2-11H,1H3,(H,22,25)/b10-9-. The molecule has 2 aromatic carbocycles. The highest BCUT2D eigenvalue weighted by Crippen LogP contribution is 2.25. The number of hydrogen-bond donors (Lipinski definition) is 1. The van der Waals surface area contributed by atoms with Crippen LogP contribution in [-0.4, -0.2) is 20.7 Å². The summed E-state index contributed by atoms with van der Waals surface area (Å²) in [6.45, 7) is 0. The van der Waals surface area contributed by atoms with Gasteiger partial charge in [-0.3, -0.25) is 4.79 Å². The smallest absolute Gasteiger partial charge is 0.248 e. The molecular formula is C18H14F2N4O. The maximum Gasteiger partial charge on any atom is 0.248 e. The highest BCUT2D eigenvalue weighted by Gasteiger charge is 2.11. The maximum absolute atomic E-state index is 13.6. The van der Waals surface area contributed by atoms with Crippen LogP contribution in [0.4, 0.5) is 14.5 Å². The van der Waals surface area contributed by atoms with Gasteiger partial charge in [0, 0.05) is 24.3 Å². The molecule has 0 spiro atoms. The SMILES string of the molecule is Cn1cnnc1-c1ccccc1NC(=O)/C=C\c1c(F)cccc1F. The van der Waals surface area contributed by atoms with Gasteiger partial charge in [0.15, 0.2) is 5.82 Å². The molecule has 0 unspecified atom stereocenters. The van der Waals surface area contributed by atoms with Crippen molar-refractivity contribution in [1.82, 2.24) is 14.8 Å². The number of nitrogens with one attached hydrogen (secondary N) is 1. The summed E-state index contributed by atoms with van der Waals surface area (Å²) in [4.78, 5) is 12.1. The summed E-state index contributed by atoms with van der Waals surface area (Å²) in [7, 11) is 1.79. The quantitative estimate of drug-likeness (QED) is 0.741. The third kappa shape index (κ3) is 3.60. The van der Waals surface area contributed by atoms with Gasteiger partial charge in [-0.05, 0) is 30.3 Å². The van der Waals surface area contributed by atoms with Gasteiger partial charge in [-0.15, -0.1) is 10.2 Å². The Hall–Kier alpha value is -3.35. The summed E-state index contributed by atoms with van der Waals surface area (Å²) < 4.78 is 28.9. The molecule has 1 aromatic heterocycles. The van der Waals surface area contributed by atoms with Crippen LogP contribution in [0.1, 0.15) is 5.56 Å². The summed E-state index contributed by atoms with van der Waals surface area (Å²) in [5, 5.41) is 10.5. The molecule has 0 saturated carbocycles. The fourth-order valence-corrected chi connectivity index (χ4v) is 2.32. The van der Waals surface area contributed by atoms with Gasteiger partial charge in [-0.2, -0.15) is 0 Å². The number of amides is 1. The fourth-order valence-electron chi connectivity index (χ4n) is 2.32. The van der Waals surface area contributed by atoms with Crippen LogP contribution in [0, 0.1) is 11.6 Å². The second kappa shape index (κ2) is 7.04. The Bertz CT molecular complexity index is 930. The zero-order valence-electron chi connectivity index (χ0n) is 13.3. The number of benzene rings is 2. The average Bonchev–Trinajstić information content (AvgIpc) is 3.01. The van der Waals surface area contributed by atoms with E-state index in [9.17, 15) is 13.6 Å². The van der Waals surface area contributed by atoms with Crippen LogP contribution in [0.25, 0.3) is 17.5 Å². The van der Waals surface area contributed by atoms with E-state index in [1.165, 1.54) is 6.07 Å². The van der Waals surface area contributed by atoms with Crippen molar-refractivity contribution < 1.29 is 13.6 Å². The van der Waals surface area contributed by atoms with Gasteiger partial charge in [0.05, 0.1) is 5.69 Å². The van der Waals surface area contributed by atoms with Crippen LogP contribution >= 0.6 is 0 Å². The minimum absolute atomic E-state index is 0.265. The van der Waals surface area contributed by atoms with Crippen LogP contribution in [0.15, 0.2) is 54.9 Å². The van der Waals surface area contributed by atoms with Gasteiger partial charge >= 0.3 is 0 Å². The van der Waals surface area contributed by atoms with Crippen LogP contribution in [-0.2, 0) is 11.8 Å². The molecule has 0 bridgehead atoms. The summed E-state index contributed by atoms with van der Waals surface area (Å²) in [5.74, 6) is -1.40. The average molecular weight is 340 g/mol. The Morgan fingerprint density at radius 2 is 1.84 bits per heavy atom. The lowest BCUT2D eigenvalue weighted by Crippen LogP contribution is -2.09. The molecule has 25 heavy (non-hydrogen) atoms. The monoisotopic (exact) mass is 340 g/mol. The molecular weight excluding hydrogens is 326 g/mol. The van der Waals surface area contributed by atoms with Gasteiger partial charge in [-0.1, -0.05) is 18.2 Å². The number of rotatable bonds is 4. The molecule has 1 amide bonds. The predicted molar refractivity (Wildman–Crippen MR) is 90.5 cm³/mol. The van der Waals surface area contributed by atoms with E-state index < -0.39 is 17.5 Å². The Morgan fingerprint density at radius 3 is 2.52 bits per heavy atom. The van der Waals surface area contributed by atoms with E-state index in [1.54, 1.807) is 36.1 Å². The van der Waals surface area contributed by atoms with Crippen molar-refractivity contribution in [3.8, 4) is 11.4 Å². The second-order valence-corrected chi connectivity index (χ2v) is 5.27. The van der Waals surface area contributed by atoms with Gasteiger partial charge in [-0.25, -0.2) is 8.78 Å². The third-order valence-electron chi connectivity index (χ3n) is 3.54. The molecule has 0 aliphatic rings. The summed E-state index contributed by atoms with van der Waals surface area (Å²) in [5.41, 5.74) is 0.933. The molecule has 0 fully saturated rings.